The standard InChI is InChI=1S/C25H29N3OS/c1-15-9-7-8-10-20(15)26-24-27-23(29)22(30-24)13-18-12-19-17(3)14-25(4,5)28(6)21(19)11-16(18)2/h7-13,17H,14H2,1-6H3,(H,26,27,29)/b22-13-/t17-/m0/s1. The third-order valence-electron chi connectivity index (χ3n) is 6.30. The molecule has 2 aliphatic heterocycles. The molecular formula is C25H29N3OS. The highest BCUT2D eigenvalue weighted by atomic mass is 32.2. The SMILES string of the molecule is Cc1cc2c(cc1/C=C1\SC(=Nc3ccccc3C)NC1=O)[C@@H](C)CC(C)(C)N2C. The molecule has 1 amide bonds. The molecule has 1 atom stereocenters. The van der Waals surface area contributed by atoms with Crippen LogP contribution in [0.1, 0.15) is 55.4 Å². The number of aliphatic imine (C=N–C) groups is 1. The molecule has 5 heteroatoms. The number of amidine groups is 1. The van der Waals surface area contributed by atoms with E-state index in [1.54, 1.807) is 0 Å². The fourth-order valence-corrected chi connectivity index (χ4v) is 5.14. The molecule has 4 rings (SSSR count). The lowest BCUT2D eigenvalue weighted by molar-refractivity contribution is -0.115. The molecule has 0 spiro atoms. The molecule has 0 radical (unpaired) electrons. The molecular weight excluding hydrogens is 390 g/mol. The topological polar surface area (TPSA) is 44.7 Å². The maximum absolute atomic E-state index is 12.6. The Morgan fingerprint density at radius 3 is 2.67 bits per heavy atom. The predicted molar refractivity (Wildman–Crippen MR) is 129 cm³/mol. The Bertz CT molecular complexity index is 1080. The van der Waals surface area contributed by atoms with Crippen LogP contribution in [0.25, 0.3) is 6.08 Å². The number of nitrogens with zero attached hydrogens (tertiary/aromatic N) is 2. The molecule has 0 unspecified atom stereocenters. The second-order valence-electron chi connectivity index (χ2n) is 9.01. The van der Waals surface area contributed by atoms with Gasteiger partial charge in [0.25, 0.3) is 5.91 Å². The number of carbonyl (C=O) groups is 1. The highest BCUT2D eigenvalue weighted by Gasteiger charge is 2.34. The number of aryl methyl sites for hydroxylation is 2. The van der Waals surface area contributed by atoms with Gasteiger partial charge in [-0.1, -0.05) is 25.1 Å². The summed E-state index contributed by atoms with van der Waals surface area (Å²) in [7, 11) is 2.18. The van der Waals surface area contributed by atoms with Crippen LogP contribution in [0.4, 0.5) is 11.4 Å². The normalized spacial score (nSPS) is 23.1. The third kappa shape index (κ3) is 3.79. The number of anilines is 1. The average molecular weight is 420 g/mol. The van der Waals surface area contributed by atoms with Crippen LogP contribution in [0.15, 0.2) is 46.3 Å². The number of para-hydroxylation sites is 1. The van der Waals surface area contributed by atoms with E-state index in [4.69, 9.17) is 0 Å². The van der Waals surface area contributed by atoms with Gasteiger partial charge >= 0.3 is 0 Å². The molecule has 2 aliphatic rings. The Balaban J connectivity index is 1.67. The van der Waals surface area contributed by atoms with E-state index < -0.39 is 0 Å². The van der Waals surface area contributed by atoms with Crippen LogP contribution in [0.3, 0.4) is 0 Å². The zero-order valence-corrected chi connectivity index (χ0v) is 19.4. The molecule has 1 fully saturated rings. The lowest BCUT2D eigenvalue weighted by atomic mass is 9.79. The van der Waals surface area contributed by atoms with Crippen LogP contribution in [-0.4, -0.2) is 23.7 Å². The van der Waals surface area contributed by atoms with Crippen molar-refractivity contribution in [1.29, 1.82) is 0 Å². The Morgan fingerprint density at radius 1 is 1.20 bits per heavy atom. The monoisotopic (exact) mass is 419 g/mol. The van der Waals surface area contributed by atoms with Crippen molar-refractivity contribution in [2.45, 2.75) is 52.5 Å². The first-order valence-corrected chi connectivity index (χ1v) is 11.2. The maximum Gasteiger partial charge on any atom is 0.264 e. The number of carbonyl (C=O) groups excluding carboxylic acids is 1. The van der Waals surface area contributed by atoms with Gasteiger partial charge in [0, 0.05) is 18.3 Å². The number of fused-ring (bicyclic) bond motifs is 1. The first-order chi connectivity index (χ1) is 14.2. The van der Waals surface area contributed by atoms with E-state index in [2.05, 4.69) is 62.1 Å². The second-order valence-corrected chi connectivity index (χ2v) is 10.0. The van der Waals surface area contributed by atoms with E-state index in [9.17, 15) is 4.79 Å². The number of amides is 1. The minimum atomic E-state index is -0.0873. The summed E-state index contributed by atoms with van der Waals surface area (Å²) in [6, 6.07) is 12.5. The zero-order chi connectivity index (χ0) is 21.6. The van der Waals surface area contributed by atoms with Gasteiger partial charge in [0.2, 0.25) is 0 Å². The van der Waals surface area contributed by atoms with Crippen molar-refractivity contribution in [2.75, 3.05) is 11.9 Å². The van der Waals surface area contributed by atoms with Gasteiger partial charge in [-0.3, -0.25) is 4.79 Å². The van der Waals surface area contributed by atoms with Gasteiger partial charge in [0.05, 0.1) is 10.6 Å². The molecule has 0 saturated carbocycles. The lowest BCUT2D eigenvalue weighted by Crippen LogP contribution is -2.45. The molecule has 1 saturated heterocycles. The van der Waals surface area contributed by atoms with E-state index in [0.717, 1.165) is 23.2 Å². The summed E-state index contributed by atoms with van der Waals surface area (Å²) in [6.07, 6.45) is 3.11. The van der Waals surface area contributed by atoms with Crippen molar-refractivity contribution in [3.05, 3.63) is 63.6 Å². The van der Waals surface area contributed by atoms with Crippen LogP contribution in [0.5, 0.6) is 0 Å². The van der Waals surface area contributed by atoms with Crippen molar-refractivity contribution in [3.63, 3.8) is 0 Å². The number of hydrogen-bond acceptors (Lipinski definition) is 4. The predicted octanol–water partition coefficient (Wildman–Crippen LogP) is 5.92. The maximum atomic E-state index is 12.6. The molecule has 156 valence electrons. The largest absolute Gasteiger partial charge is 0.369 e. The summed E-state index contributed by atoms with van der Waals surface area (Å²) >= 11 is 1.40. The number of rotatable bonds is 2. The number of benzene rings is 2. The quantitative estimate of drug-likeness (QED) is 0.615. The fraction of sp³-hybridized carbons (Fsp3) is 0.360. The third-order valence-corrected chi connectivity index (χ3v) is 7.21. The first-order valence-electron chi connectivity index (χ1n) is 10.4. The van der Waals surface area contributed by atoms with Gasteiger partial charge in [-0.05, 0) is 98.3 Å². The smallest absolute Gasteiger partial charge is 0.264 e. The van der Waals surface area contributed by atoms with Crippen LogP contribution < -0.4 is 10.2 Å². The highest BCUT2D eigenvalue weighted by molar-refractivity contribution is 8.18. The number of hydrogen-bond donors (Lipinski definition) is 1. The fourth-order valence-electron chi connectivity index (χ4n) is 4.31. The number of thioether (sulfide) groups is 1. The van der Waals surface area contributed by atoms with Crippen molar-refractivity contribution >= 4 is 40.3 Å². The number of nitrogens with one attached hydrogen (secondary N) is 1. The molecule has 30 heavy (non-hydrogen) atoms. The van der Waals surface area contributed by atoms with Crippen LogP contribution >= 0.6 is 11.8 Å². The Labute approximate surface area is 183 Å². The average Bonchev–Trinajstić information content (AvgIpc) is 3.02. The van der Waals surface area contributed by atoms with Gasteiger partial charge in [-0.15, -0.1) is 0 Å². The molecule has 0 bridgehead atoms. The summed E-state index contributed by atoms with van der Waals surface area (Å²) in [5.41, 5.74) is 7.03. The van der Waals surface area contributed by atoms with E-state index >= 15 is 0 Å². The van der Waals surface area contributed by atoms with Gasteiger partial charge in [-0.2, -0.15) is 0 Å². The Morgan fingerprint density at radius 2 is 1.93 bits per heavy atom. The molecule has 0 aromatic heterocycles. The lowest BCUT2D eigenvalue weighted by Gasteiger charge is -2.45. The van der Waals surface area contributed by atoms with Crippen molar-refractivity contribution in [2.24, 2.45) is 4.99 Å². The summed E-state index contributed by atoms with van der Waals surface area (Å²) in [5.74, 6) is 0.392. The molecule has 2 aromatic carbocycles. The Kier molecular flexibility index (Phi) is 5.27. The van der Waals surface area contributed by atoms with Crippen LogP contribution in [-0.2, 0) is 4.79 Å². The highest BCUT2D eigenvalue weighted by Crippen LogP contribution is 2.44. The molecule has 2 heterocycles. The second kappa shape index (κ2) is 7.62. The molecule has 2 aromatic rings. The summed E-state index contributed by atoms with van der Waals surface area (Å²) in [4.78, 5) is 20.3. The summed E-state index contributed by atoms with van der Waals surface area (Å²) in [5, 5.41) is 3.54. The van der Waals surface area contributed by atoms with E-state index in [1.807, 2.05) is 37.3 Å². The Hall–Kier alpha value is -2.53. The van der Waals surface area contributed by atoms with Gasteiger partial charge in [-0.25, -0.2) is 4.99 Å². The summed E-state index contributed by atoms with van der Waals surface area (Å²) in [6.45, 7) is 11.0. The van der Waals surface area contributed by atoms with Gasteiger partial charge in [0.15, 0.2) is 5.17 Å². The molecule has 0 aliphatic carbocycles. The van der Waals surface area contributed by atoms with Gasteiger partial charge < -0.3 is 10.2 Å². The first kappa shape index (κ1) is 20.7. The van der Waals surface area contributed by atoms with E-state index in [0.29, 0.717) is 16.0 Å². The van der Waals surface area contributed by atoms with Crippen molar-refractivity contribution < 1.29 is 4.79 Å². The zero-order valence-electron chi connectivity index (χ0n) is 18.5. The molecule has 1 N–H and O–H groups in total. The van der Waals surface area contributed by atoms with Crippen molar-refractivity contribution in [3.8, 4) is 0 Å². The van der Waals surface area contributed by atoms with E-state index in [1.165, 1.54) is 28.6 Å². The molecule has 4 nitrogen and oxygen atoms in total. The van der Waals surface area contributed by atoms with Crippen LogP contribution in [0.2, 0.25) is 0 Å². The van der Waals surface area contributed by atoms with Gasteiger partial charge in [0.1, 0.15) is 0 Å². The van der Waals surface area contributed by atoms with Crippen molar-refractivity contribution in [1.82, 2.24) is 5.32 Å². The van der Waals surface area contributed by atoms with E-state index in [-0.39, 0.29) is 11.4 Å². The minimum Gasteiger partial charge on any atom is -0.369 e. The van der Waals surface area contributed by atoms with Crippen LogP contribution in [0, 0.1) is 13.8 Å². The minimum absolute atomic E-state index is 0.0873. The summed E-state index contributed by atoms with van der Waals surface area (Å²) < 4.78 is 0.